The van der Waals surface area contributed by atoms with Crippen LogP contribution in [-0.4, -0.2) is 69.4 Å². The van der Waals surface area contributed by atoms with Crippen LogP contribution >= 0.6 is 0 Å². The van der Waals surface area contributed by atoms with Gasteiger partial charge in [0.1, 0.15) is 11.6 Å². The number of rotatable bonds is 5. The van der Waals surface area contributed by atoms with Gasteiger partial charge in [0.05, 0.1) is 25.8 Å². The Morgan fingerprint density at radius 3 is 2.75 bits per heavy atom. The predicted octanol–water partition coefficient (Wildman–Crippen LogP) is 1.21. The molecule has 0 bridgehead atoms. The minimum atomic E-state index is -0.0241. The standard InChI is InChI=1S/C17H29N5O2/c1-3-7-22-14(2)18-19-16(22)13-21-8-5-4-6-15(21)17(23)20-9-11-24-12-10-20/h15H,3-13H2,1-2H3. The summed E-state index contributed by atoms with van der Waals surface area (Å²) in [7, 11) is 0. The van der Waals surface area contributed by atoms with E-state index in [1.807, 2.05) is 11.8 Å². The number of carbonyl (C=O) groups excluding carboxylic acids is 1. The largest absolute Gasteiger partial charge is 0.378 e. The molecule has 134 valence electrons. The summed E-state index contributed by atoms with van der Waals surface area (Å²) in [6, 6.07) is -0.0241. The minimum Gasteiger partial charge on any atom is -0.378 e. The normalized spacial score (nSPS) is 22.8. The van der Waals surface area contributed by atoms with Crippen molar-refractivity contribution in [2.75, 3.05) is 32.8 Å². The van der Waals surface area contributed by atoms with E-state index < -0.39 is 0 Å². The van der Waals surface area contributed by atoms with Crippen LogP contribution in [0.1, 0.15) is 44.3 Å². The van der Waals surface area contributed by atoms with Crippen LogP contribution < -0.4 is 0 Å². The summed E-state index contributed by atoms with van der Waals surface area (Å²) < 4.78 is 7.56. The van der Waals surface area contributed by atoms with Crippen LogP contribution in [0.3, 0.4) is 0 Å². The number of aryl methyl sites for hydroxylation is 1. The molecule has 3 heterocycles. The van der Waals surface area contributed by atoms with Crippen LogP contribution in [0, 0.1) is 6.92 Å². The maximum absolute atomic E-state index is 13.0. The topological polar surface area (TPSA) is 63.5 Å². The highest BCUT2D eigenvalue weighted by Gasteiger charge is 2.33. The van der Waals surface area contributed by atoms with Gasteiger partial charge < -0.3 is 14.2 Å². The van der Waals surface area contributed by atoms with E-state index in [0.29, 0.717) is 32.8 Å². The van der Waals surface area contributed by atoms with Crippen molar-refractivity contribution in [3.63, 3.8) is 0 Å². The van der Waals surface area contributed by atoms with Crippen molar-refractivity contribution in [3.05, 3.63) is 11.6 Å². The number of ether oxygens (including phenoxy) is 1. The number of nitrogens with zero attached hydrogens (tertiary/aromatic N) is 5. The molecule has 0 aliphatic carbocycles. The van der Waals surface area contributed by atoms with Crippen molar-refractivity contribution in [1.29, 1.82) is 0 Å². The zero-order valence-corrected chi connectivity index (χ0v) is 14.9. The molecule has 1 atom stereocenters. The maximum atomic E-state index is 13.0. The van der Waals surface area contributed by atoms with Crippen LogP contribution in [0.25, 0.3) is 0 Å². The molecule has 2 aliphatic heterocycles. The van der Waals surface area contributed by atoms with Gasteiger partial charge in [0, 0.05) is 19.6 Å². The highest BCUT2D eigenvalue weighted by Crippen LogP contribution is 2.22. The fourth-order valence-electron chi connectivity index (χ4n) is 3.69. The zero-order valence-electron chi connectivity index (χ0n) is 14.9. The van der Waals surface area contributed by atoms with E-state index >= 15 is 0 Å². The predicted molar refractivity (Wildman–Crippen MR) is 90.5 cm³/mol. The van der Waals surface area contributed by atoms with Gasteiger partial charge in [-0.15, -0.1) is 10.2 Å². The van der Waals surface area contributed by atoms with E-state index in [2.05, 4.69) is 26.6 Å². The van der Waals surface area contributed by atoms with Gasteiger partial charge in [0.2, 0.25) is 5.91 Å². The third-order valence-corrected chi connectivity index (χ3v) is 5.03. The molecule has 0 radical (unpaired) electrons. The summed E-state index contributed by atoms with van der Waals surface area (Å²) in [5.41, 5.74) is 0. The number of aromatic nitrogens is 3. The molecule has 3 rings (SSSR count). The second kappa shape index (κ2) is 8.07. The third-order valence-electron chi connectivity index (χ3n) is 5.03. The summed E-state index contributed by atoms with van der Waals surface area (Å²) in [6.07, 6.45) is 4.27. The molecular weight excluding hydrogens is 306 g/mol. The van der Waals surface area contributed by atoms with Crippen molar-refractivity contribution >= 4 is 5.91 Å². The van der Waals surface area contributed by atoms with Crippen molar-refractivity contribution in [2.24, 2.45) is 0 Å². The second-order valence-corrected chi connectivity index (χ2v) is 6.73. The van der Waals surface area contributed by atoms with Crippen LogP contribution in [0.5, 0.6) is 0 Å². The quantitative estimate of drug-likeness (QED) is 0.809. The van der Waals surface area contributed by atoms with Crippen molar-refractivity contribution < 1.29 is 9.53 Å². The van der Waals surface area contributed by atoms with Gasteiger partial charge in [-0.25, -0.2) is 0 Å². The molecule has 24 heavy (non-hydrogen) atoms. The van der Waals surface area contributed by atoms with E-state index in [1.165, 1.54) is 0 Å². The average Bonchev–Trinajstić information content (AvgIpc) is 2.96. The molecule has 0 saturated carbocycles. The van der Waals surface area contributed by atoms with E-state index in [-0.39, 0.29) is 11.9 Å². The Balaban J connectivity index is 1.71. The molecule has 2 aliphatic rings. The molecule has 1 unspecified atom stereocenters. The molecule has 0 N–H and O–H groups in total. The average molecular weight is 335 g/mol. The molecular formula is C17H29N5O2. The lowest BCUT2D eigenvalue weighted by atomic mass is 10.0. The van der Waals surface area contributed by atoms with E-state index in [0.717, 1.165) is 50.4 Å². The molecule has 1 aromatic rings. The van der Waals surface area contributed by atoms with Crippen molar-refractivity contribution in [1.82, 2.24) is 24.6 Å². The van der Waals surface area contributed by atoms with E-state index in [4.69, 9.17) is 4.74 Å². The minimum absolute atomic E-state index is 0.0241. The molecule has 1 amide bonds. The Bertz CT molecular complexity index is 553. The zero-order chi connectivity index (χ0) is 16.9. The lowest BCUT2D eigenvalue weighted by Crippen LogP contribution is -2.53. The maximum Gasteiger partial charge on any atom is 0.240 e. The first-order valence-electron chi connectivity index (χ1n) is 9.20. The first kappa shape index (κ1) is 17.4. The fourth-order valence-corrected chi connectivity index (χ4v) is 3.69. The number of likely N-dealkylation sites (tertiary alicyclic amines) is 1. The Morgan fingerprint density at radius 2 is 2.00 bits per heavy atom. The Morgan fingerprint density at radius 1 is 1.21 bits per heavy atom. The number of morpholine rings is 1. The van der Waals surface area contributed by atoms with Crippen LogP contribution in [0.15, 0.2) is 0 Å². The molecule has 2 saturated heterocycles. The summed E-state index contributed by atoms with van der Waals surface area (Å²) in [5, 5.41) is 8.60. The Kier molecular flexibility index (Phi) is 5.84. The number of amides is 1. The smallest absolute Gasteiger partial charge is 0.240 e. The molecule has 0 aromatic carbocycles. The molecule has 7 heteroatoms. The number of hydrogen-bond donors (Lipinski definition) is 0. The van der Waals surface area contributed by atoms with Crippen molar-refractivity contribution in [3.8, 4) is 0 Å². The molecule has 7 nitrogen and oxygen atoms in total. The Hall–Kier alpha value is -1.47. The van der Waals surface area contributed by atoms with E-state index in [9.17, 15) is 4.79 Å². The molecule has 0 spiro atoms. The summed E-state index contributed by atoms with van der Waals surface area (Å²) in [4.78, 5) is 17.2. The van der Waals surface area contributed by atoms with Gasteiger partial charge in [-0.2, -0.15) is 0 Å². The summed E-state index contributed by atoms with van der Waals surface area (Å²) in [6.45, 7) is 9.51. The summed E-state index contributed by atoms with van der Waals surface area (Å²) in [5.74, 6) is 2.20. The monoisotopic (exact) mass is 335 g/mol. The summed E-state index contributed by atoms with van der Waals surface area (Å²) >= 11 is 0. The van der Waals surface area contributed by atoms with Gasteiger partial charge in [-0.1, -0.05) is 13.3 Å². The number of carbonyl (C=O) groups is 1. The first-order valence-corrected chi connectivity index (χ1v) is 9.20. The second-order valence-electron chi connectivity index (χ2n) is 6.73. The highest BCUT2D eigenvalue weighted by molar-refractivity contribution is 5.82. The van der Waals surface area contributed by atoms with Gasteiger partial charge in [0.15, 0.2) is 0 Å². The van der Waals surface area contributed by atoms with Crippen LogP contribution in [0.4, 0.5) is 0 Å². The van der Waals surface area contributed by atoms with Crippen LogP contribution in [-0.2, 0) is 22.6 Å². The lowest BCUT2D eigenvalue weighted by Gasteiger charge is -2.38. The fraction of sp³-hybridized carbons (Fsp3) is 0.824. The van der Waals surface area contributed by atoms with Gasteiger partial charge in [0.25, 0.3) is 0 Å². The number of hydrogen-bond acceptors (Lipinski definition) is 5. The highest BCUT2D eigenvalue weighted by atomic mass is 16.5. The van der Waals surface area contributed by atoms with Gasteiger partial charge in [-0.05, 0) is 32.7 Å². The van der Waals surface area contributed by atoms with Gasteiger partial charge >= 0.3 is 0 Å². The van der Waals surface area contributed by atoms with Crippen LogP contribution in [0.2, 0.25) is 0 Å². The van der Waals surface area contributed by atoms with Crippen molar-refractivity contribution in [2.45, 2.75) is 58.7 Å². The molecule has 1 aromatic heterocycles. The van der Waals surface area contributed by atoms with Gasteiger partial charge in [-0.3, -0.25) is 9.69 Å². The van der Waals surface area contributed by atoms with E-state index in [1.54, 1.807) is 0 Å². The third kappa shape index (κ3) is 3.78. The lowest BCUT2D eigenvalue weighted by molar-refractivity contribution is -0.142. The SMILES string of the molecule is CCCn1c(C)nnc1CN1CCCCC1C(=O)N1CCOCC1. The number of piperidine rings is 1. The molecule has 2 fully saturated rings. The Labute approximate surface area is 144 Å². The first-order chi connectivity index (χ1) is 11.7.